The van der Waals surface area contributed by atoms with E-state index in [9.17, 15) is 0 Å². The lowest BCUT2D eigenvalue weighted by atomic mass is 10.1. The van der Waals surface area contributed by atoms with Crippen molar-refractivity contribution in [3.63, 3.8) is 0 Å². The Kier molecular flexibility index (Phi) is 10.4. The van der Waals surface area contributed by atoms with Crippen molar-refractivity contribution in [1.82, 2.24) is 20.4 Å². The number of hydrogen-bond acceptors (Lipinski definition) is 4. The summed E-state index contributed by atoms with van der Waals surface area (Å²) in [6.45, 7) is 10.7. The SMILES string of the molecule is CCNC(=NCCCc1nc(C(C)C)no1)N(C)Cc1ccc(C)cc1.I. The molecule has 0 aliphatic rings. The zero-order valence-corrected chi connectivity index (χ0v) is 19.4. The second-order valence-electron chi connectivity index (χ2n) is 6.88. The van der Waals surface area contributed by atoms with E-state index >= 15 is 0 Å². The summed E-state index contributed by atoms with van der Waals surface area (Å²) in [5.41, 5.74) is 2.55. The molecule has 0 bridgehead atoms. The van der Waals surface area contributed by atoms with Gasteiger partial charge in [-0.2, -0.15) is 4.98 Å². The Morgan fingerprint density at radius 1 is 1.26 bits per heavy atom. The Balaban J connectivity index is 0.00000364. The van der Waals surface area contributed by atoms with Crippen LogP contribution in [0.2, 0.25) is 0 Å². The number of hydrogen-bond donors (Lipinski definition) is 1. The molecule has 0 saturated carbocycles. The van der Waals surface area contributed by atoms with Crippen LogP contribution in [0.1, 0.15) is 56.0 Å². The molecule has 0 fully saturated rings. The lowest BCUT2D eigenvalue weighted by Crippen LogP contribution is -2.38. The van der Waals surface area contributed by atoms with E-state index in [1.165, 1.54) is 11.1 Å². The summed E-state index contributed by atoms with van der Waals surface area (Å²) in [5, 5.41) is 7.35. The van der Waals surface area contributed by atoms with Gasteiger partial charge in [-0.3, -0.25) is 4.99 Å². The fourth-order valence-corrected chi connectivity index (χ4v) is 2.53. The van der Waals surface area contributed by atoms with Crippen molar-refractivity contribution in [2.75, 3.05) is 20.1 Å². The number of nitrogens with zero attached hydrogens (tertiary/aromatic N) is 4. The van der Waals surface area contributed by atoms with Gasteiger partial charge in [0, 0.05) is 39.0 Å². The molecule has 150 valence electrons. The Labute approximate surface area is 179 Å². The van der Waals surface area contributed by atoms with E-state index in [4.69, 9.17) is 9.52 Å². The maximum Gasteiger partial charge on any atom is 0.226 e. The van der Waals surface area contributed by atoms with Crippen molar-refractivity contribution in [1.29, 1.82) is 0 Å². The maximum absolute atomic E-state index is 5.28. The van der Waals surface area contributed by atoms with E-state index in [-0.39, 0.29) is 24.0 Å². The van der Waals surface area contributed by atoms with Crippen LogP contribution in [0.4, 0.5) is 0 Å². The summed E-state index contributed by atoms with van der Waals surface area (Å²) in [6, 6.07) is 8.61. The lowest BCUT2D eigenvalue weighted by Gasteiger charge is -2.22. The third-order valence-corrected chi connectivity index (χ3v) is 4.05. The topological polar surface area (TPSA) is 66.5 Å². The molecule has 0 aliphatic carbocycles. The molecule has 7 heteroatoms. The van der Waals surface area contributed by atoms with Gasteiger partial charge in [0.05, 0.1) is 0 Å². The summed E-state index contributed by atoms with van der Waals surface area (Å²) in [6.07, 6.45) is 1.64. The van der Waals surface area contributed by atoms with E-state index in [1.54, 1.807) is 0 Å². The van der Waals surface area contributed by atoms with E-state index < -0.39 is 0 Å². The quantitative estimate of drug-likeness (QED) is 0.264. The van der Waals surface area contributed by atoms with Crippen LogP contribution in [0, 0.1) is 6.92 Å². The van der Waals surface area contributed by atoms with Crippen LogP contribution in [0.25, 0.3) is 0 Å². The molecule has 0 atom stereocenters. The first-order valence-electron chi connectivity index (χ1n) is 9.37. The van der Waals surface area contributed by atoms with E-state index in [0.717, 1.165) is 44.3 Å². The Morgan fingerprint density at radius 3 is 2.56 bits per heavy atom. The molecule has 0 unspecified atom stereocenters. The van der Waals surface area contributed by atoms with Crippen LogP contribution in [0.5, 0.6) is 0 Å². The summed E-state index contributed by atoms with van der Waals surface area (Å²) >= 11 is 0. The molecule has 0 radical (unpaired) electrons. The normalized spacial score (nSPS) is 11.4. The first-order chi connectivity index (χ1) is 12.5. The minimum absolute atomic E-state index is 0. The molecule has 0 amide bonds. The molecule has 1 N–H and O–H groups in total. The summed E-state index contributed by atoms with van der Waals surface area (Å²) < 4.78 is 5.28. The second kappa shape index (κ2) is 11.9. The fraction of sp³-hybridized carbons (Fsp3) is 0.550. The van der Waals surface area contributed by atoms with Gasteiger partial charge in [0.2, 0.25) is 5.89 Å². The summed E-state index contributed by atoms with van der Waals surface area (Å²) in [7, 11) is 2.06. The molecular formula is C20H32IN5O. The average molecular weight is 485 g/mol. The first-order valence-corrected chi connectivity index (χ1v) is 9.37. The van der Waals surface area contributed by atoms with Crippen molar-refractivity contribution in [2.45, 2.75) is 53.0 Å². The van der Waals surface area contributed by atoms with Crippen molar-refractivity contribution in [2.24, 2.45) is 4.99 Å². The molecule has 2 aromatic rings. The van der Waals surface area contributed by atoms with E-state index in [2.05, 4.69) is 79.4 Å². The second-order valence-corrected chi connectivity index (χ2v) is 6.88. The van der Waals surface area contributed by atoms with Crippen molar-refractivity contribution >= 4 is 29.9 Å². The van der Waals surface area contributed by atoms with Crippen LogP contribution in [-0.2, 0) is 13.0 Å². The van der Waals surface area contributed by atoms with Gasteiger partial charge in [0.25, 0.3) is 0 Å². The maximum atomic E-state index is 5.28. The highest BCUT2D eigenvalue weighted by Crippen LogP contribution is 2.11. The number of aromatic nitrogens is 2. The van der Waals surface area contributed by atoms with Crippen LogP contribution >= 0.6 is 24.0 Å². The molecule has 6 nitrogen and oxygen atoms in total. The van der Waals surface area contributed by atoms with Gasteiger partial charge in [-0.05, 0) is 25.8 Å². The van der Waals surface area contributed by atoms with Gasteiger partial charge in [-0.15, -0.1) is 24.0 Å². The van der Waals surface area contributed by atoms with Crippen LogP contribution < -0.4 is 5.32 Å². The molecule has 0 aliphatic heterocycles. The van der Waals surface area contributed by atoms with Gasteiger partial charge in [-0.25, -0.2) is 0 Å². The predicted molar refractivity (Wildman–Crippen MR) is 121 cm³/mol. The van der Waals surface area contributed by atoms with Crippen LogP contribution in [0.15, 0.2) is 33.8 Å². The Hall–Kier alpha value is -1.64. The zero-order valence-electron chi connectivity index (χ0n) is 17.0. The van der Waals surface area contributed by atoms with Gasteiger partial charge in [-0.1, -0.05) is 48.8 Å². The molecule has 1 aromatic heterocycles. The van der Waals surface area contributed by atoms with Crippen molar-refractivity contribution in [3.8, 4) is 0 Å². The Bertz CT molecular complexity index is 697. The van der Waals surface area contributed by atoms with Gasteiger partial charge >= 0.3 is 0 Å². The highest BCUT2D eigenvalue weighted by atomic mass is 127. The predicted octanol–water partition coefficient (Wildman–Crippen LogP) is 4.15. The lowest BCUT2D eigenvalue weighted by molar-refractivity contribution is 0.369. The molecule has 0 saturated heterocycles. The summed E-state index contributed by atoms with van der Waals surface area (Å²) in [5.74, 6) is 2.68. The number of rotatable bonds is 8. The van der Waals surface area contributed by atoms with Gasteiger partial charge in [0.1, 0.15) is 0 Å². The standard InChI is InChI=1S/C20H31N5O.HI/c1-6-21-20(25(5)14-17-11-9-16(4)10-12-17)22-13-7-8-18-23-19(15(2)3)24-26-18;/h9-12,15H,6-8,13-14H2,1-5H3,(H,21,22);1H. The van der Waals surface area contributed by atoms with E-state index in [0.29, 0.717) is 11.8 Å². The third kappa shape index (κ3) is 7.86. The van der Waals surface area contributed by atoms with Crippen LogP contribution in [0.3, 0.4) is 0 Å². The number of guanidine groups is 1. The highest BCUT2D eigenvalue weighted by Gasteiger charge is 2.10. The molecular weight excluding hydrogens is 453 g/mol. The number of nitrogens with one attached hydrogen (secondary N) is 1. The highest BCUT2D eigenvalue weighted by molar-refractivity contribution is 14.0. The summed E-state index contributed by atoms with van der Waals surface area (Å²) in [4.78, 5) is 11.3. The Morgan fingerprint density at radius 2 is 1.96 bits per heavy atom. The van der Waals surface area contributed by atoms with Gasteiger partial charge in [0.15, 0.2) is 11.8 Å². The van der Waals surface area contributed by atoms with E-state index in [1.807, 2.05) is 0 Å². The first kappa shape index (κ1) is 23.4. The number of aliphatic imine (C=N–C) groups is 1. The molecule has 1 heterocycles. The average Bonchev–Trinajstić information content (AvgIpc) is 3.09. The van der Waals surface area contributed by atoms with Crippen molar-refractivity contribution in [3.05, 3.63) is 47.1 Å². The number of halogens is 1. The minimum atomic E-state index is 0. The molecule has 0 spiro atoms. The zero-order chi connectivity index (χ0) is 18.9. The smallest absolute Gasteiger partial charge is 0.226 e. The monoisotopic (exact) mass is 485 g/mol. The minimum Gasteiger partial charge on any atom is -0.357 e. The van der Waals surface area contributed by atoms with Gasteiger partial charge < -0.3 is 14.7 Å². The molecule has 1 aromatic carbocycles. The third-order valence-electron chi connectivity index (χ3n) is 4.05. The van der Waals surface area contributed by atoms with Crippen molar-refractivity contribution < 1.29 is 4.52 Å². The van der Waals surface area contributed by atoms with Crippen LogP contribution in [-0.4, -0.2) is 41.1 Å². The molecule has 2 rings (SSSR count). The molecule has 27 heavy (non-hydrogen) atoms. The fourth-order valence-electron chi connectivity index (χ4n) is 2.53. The largest absolute Gasteiger partial charge is 0.357 e. The number of benzene rings is 1. The number of aryl methyl sites for hydroxylation is 2.